The van der Waals surface area contributed by atoms with Gasteiger partial charge in [-0.05, 0) is 46.0 Å². The molecule has 35 heavy (non-hydrogen) atoms. The highest BCUT2D eigenvalue weighted by atomic mass is 19.1. The van der Waals surface area contributed by atoms with Gasteiger partial charge in [0.2, 0.25) is 0 Å². The molecule has 0 amide bonds. The molecule has 2 aliphatic rings. The molecule has 1 unspecified atom stereocenters. The van der Waals surface area contributed by atoms with Crippen molar-refractivity contribution in [2.24, 2.45) is 7.05 Å². The number of aryl methyl sites for hydroxylation is 1. The van der Waals surface area contributed by atoms with E-state index in [9.17, 15) is 4.79 Å². The van der Waals surface area contributed by atoms with Crippen LogP contribution in [0, 0.1) is 5.82 Å². The average Bonchev–Trinajstić information content (AvgIpc) is 3.01. The molecule has 0 spiro atoms. The van der Waals surface area contributed by atoms with Crippen molar-refractivity contribution in [2.45, 2.75) is 31.8 Å². The van der Waals surface area contributed by atoms with Gasteiger partial charge in [-0.3, -0.25) is 14.1 Å². The third kappa shape index (κ3) is 3.32. The number of rotatable bonds is 3. The molecule has 8 nitrogen and oxygen atoms in total. The van der Waals surface area contributed by atoms with Crippen LogP contribution in [0.25, 0.3) is 33.1 Å². The fourth-order valence-electron chi connectivity index (χ4n) is 5.55. The maximum Gasteiger partial charge on any atom is 0.329 e. The van der Waals surface area contributed by atoms with E-state index < -0.39 is 5.82 Å². The predicted molar refractivity (Wildman–Crippen MR) is 135 cm³/mol. The Kier molecular flexibility index (Phi) is 5.07. The second-order valence-electron chi connectivity index (χ2n) is 9.91. The fourth-order valence-corrected chi connectivity index (χ4v) is 5.55. The first kappa shape index (κ1) is 22.0. The van der Waals surface area contributed by atoms with Crippen LogP contribution in [-0.2, 0) is 7.05 Å². The Morgan fingerprint density at radius 1 is 1.14 bits per heavy atom. The summed E-state index contributed by atoms with van der Waals surface area (Å²) in [6.45, 7) is 4.08. The zero-order chi connectivity index (χ0) is 24.4. The standard InChI is InChI=1S/C26H29FN6O2/c1-15-14-35-25-22(16-5-6-21(29-12-16)32-9-7-17(8-10-32)30(2)3)18(27)11-19-23(25)24-20(13-28-19)31(4)26(34)33(15)24/h5-6,11-13,15,17H,7-10,14H2,1-4H3. The number of nitrogens with zero attached hydrogens (tertiary/aromatic N) is 6. The summed E-state index contributed by atoms with van der Waals surface area (Å²) in [6.07, 6.45) is 5.53. The summed E-state index contributed by atoms with van der Waals surface area (Å²) in [7, 11) is 5.99. The lowest BCUT2D eigenvalue weighted by atomic mass is 10.0. The number of pyridine rings is 2. The van der Waals surface area contributed by atoms with Crippen LogP contribution >= 0.6 is 0 Å². The van der Waals surface area contributed by atoms with Crippen LogP contribution in [-0.4, -0.2) is 63.8 Å². The average molecular weight is 477 g/mol. The minimum atomic E-state index is -0.417. The molecule has 5 heterocycles. The maximum absolute atomic E-state index is 15.5. The van der Waals surface area contributed by atoms with Crippen LogP contribution in [0.2, 0.25) is 0 Å². The van der Waals surface area contributed by atoms with Crippen molar-refractivity contribution < 1.29 is 9.13 Å². The van der Waals surface area contributed by atoms with E-state index in [0.717, 1.165) is 37.3 Å². The van der Waals surface area contributed by atoms with Crippen LogP contribution in [0.1, 0.15) is 25.8 Å². The van der Waals surface area contributed by atoms with Gasteiger partial charge in [0, 0.05) is 44.0 Å². The minimum Gasteiger partial charge on any atom is -0.490 e. The molecule has 0 saturated carbocycles. The predicted octanol–water partition coefficient (Wildman–Crippen LogP) is 3.57. The first-order chi connectivity index (χ1) is 16.8. The summed E-state index contributed by atoms with van der Waals surface area (Å²) >= 11 is 0. The Morgan fingerprint density at radius 2 is 1.91 bits per heavy atom. The van der Waals surface area contributed by atoms with Gasteiger partial charge >= 0.3 is 5.69 Å². The fraction of sp³-hybridized carbons (Fsp3) is 0.423. The normalized spacial score (nSPS) is 18.6. The summed E-state index contributed by atoms with van der Waals surface area (Å²) in [5, 5.41) is 0.663. The summed E-state index contributed by atoms with van der Waals surface area (Å²) in [4.78, 5) is 26.7. The van der Waals surface area contributed by atoms with Gasteiger partial charge in [0.05, 0.1) is 39.7 Å². The van der Waals surface area contributed by atoms with E-state index in [1.807, 2.05) is 19.1 Å². The molecule has 4 aromatic rings. The molecule has 9 heteroatoms. The lowest BCUT2D eigenvalue weighted by Crippen LogP contribution is -2.42. The van der Waals surface area contributed by atoms with E-state index in [2.05, 4.69) is 28.9 Å². The quantitative estimate of drug-likeness (QED) is 0.450. The summed E-state index contributed by atoms with van der Waals surface area (Å²) in [5.74, 6) is 0.900. The van der Waals surface area contributed by atoms with Gasteiger partial charge in [-0.15, -0.1) is 0 Å². The van der Waals surface area contributed by atoms with Gasteiger partial charge < -0.3 is 14.5 Å². The van der Waals surface area contributed by atoms with Crippen molar-refractivity contribution in [1.82, 2.24) is 24.0 Å². The highest BCUT2D eigenvalue weighted by Gasteiger charge is 2.29. The molecule has 1 saturated heterocycles. The molecule has 6 rings (SSSR count). The number of halogens is 1. The number of ether oxygens (including phenoxy) is 1. The largest absolute Gasteiger partial charge is 0.490 e. The van der Waals surface area contributed by atoms with Crippen molar-refractivity contribution in [3.8, 4) is 16.9 Å². The van der Waals surface area contributed by atoms with Crippen LogP contribution in [0.3, 0.4) is 0 Å². The molecular formula is C26H29FN6O2. The Balaban J connectivity index is 1.46. The zero-order valence-corrected chi connectivity index (χ0v) is 20.5. The number of imidazole rings is 1. The summed E-state index contributed by atoms with van der Waals surface area (Å²) in [5.41, 5.74) is 2.77. The van der Waals surface area contributed by atoms with Gasteiger partial charge in [-0.25, -0.2) is 14.2 Å². The van der Waals surface area contributed by atoms with Crippen LogP contribution in [0.4, 0.5) is 10.2 Å². The van der Waals surface area contributed by atoms with Crippen molar-refractivity contribution in [1.29, 1.82) is 0 Å². The maximum atomic E-state index is 15.5. The molecule has 1 atom stereocenters. The van der Waals surface area contributed by atoms with Crippen LogP contribution in [0.5, 0.6) is 5.75 Å². The van der Waals surface area contributed by atoms with Gasteiger partial charge in [0.15, 0.2) is 0 Å². The number of hydrogen-bond acceptors (Lipinski definition) is 6. The van der Waals surface area contributed by atoms with Gasteiger partial charge in [-0.1, -0.05) is 0 Å². The second-order valence-corrected chi connectivity index (χ2v) is 9.91. The number of aromatic nitrogens is 4. The molecule has 0 bridgehead atoms. The van der Waals surface area contributed by atoms with Crippen LogP contribution in [0.15, 0.2) is 35.4 Å². The van der Waals surface area contributed by atoms with E-state index in [-0.39, 0.29) is 18.3 Å². The highest BCUT2D eigenvalue weighted by Crippen LogP contribution is 2.43. The Bertz CT molecular complexity index is 1500. The monoisotopic (exact) mass is 476 g/mol. The molecule has 1 aromatic carbocycles. The van der Waals surface area contributed by atoms with E-state index in [4.69, 9.17) is 9.72 Å². The lowest BCUT2D eigenvalue weighted by Gasteiger charge is -2.35. The molecule has 0 N–H and O–H groups in total. The lowest BCUT2D eigenvalue weighted by molar-refractivity contribution is 0.249. The van der Waals surface area contributed by atoms with Crippen molar-refractivity contribution in [3.63, 3.8) is 0 Å². The first-order valence-corrected chi connectivity index (χ1v) is 12.1. The minimum absolute atomic E-state index is 0.131. The molecule has 182 valence electrons. The van der Waals surface area contributed by atoms with Gasteiger partial charge in [-0.2, -0.15) is 0 Å². The molecular weight excluding hydrogens is 447 g/mol. The number of anilines is 1. The van der Waals surface area contributed by atoms with Gasteiger partial charge in [0.25, 0.3) is 0 Å². The Morgan fingerprint density at radius 3 is 2.60 bits per heavy atom. The van der Waals surface area contributed by atoms with Crippen molar-refractivity contribution >= 4 is 27.8 Å². The topological polar surface area (TPSA) is 68.4 Å². The smallest absolute Gasteiger partial charge is 0.329 e. The number of benzene rings is 1. The highest BCUT2D eigenvalue weighted by molar-refractivity contribution is 6.09. The van der Waals surface area contributed by atoms with E-state index in [1.165, 1.54) is 6.07 Å². The SMILES string of the molecule is CC1COc2c(-c3ccc(N4CCC(N(C)C)CC4)nc3)c(F)cc3ncc4c(c23)n1c(=O)n4C. The molecule has 0 radical (unpaired) electrons. The van der Waals surface area contributed by atoms with Crippen molar-refractivity contribution in [3.05, 3.63) is 46.9 Å². The van der Waals surface area contributed by atoms with E-state index >= 15 is 4.39 Å². The molecule has 3 aromatic heterocycles. The Labute approximate surface area is 202 Å². The summed E-state index contributed by atoms with van der Waals surface area (Å²) in [6, 6.07) is 5.68. The molecule has 1 fully saturated rings. The van der Waals surface area contributed by atoms with E-state index in [0.29, 0.717) is 39.3 Å². The number of piperidine rings is 1. The zero-order valence-electron chi connectivity index (χ0n) is 20.5. The van der Waals surface area contributed by atoms with Crippen molar-refractivity contribution in [2.75, 3.05) is 38.7 Å². The van der Waals surface area contributed by atoms with Crippen LogP contribution < -0.4 is 15.3 Å². The first-order valence-electron chi connectivity index (χ1n) is 12.1. The molecule has 0 aliphatic carbocycles. The Hall–Kier alpha value is -3.46. The van der Waals surface area contributed by atoms with Gasteiger partial charge in [0.1, 0.15) is 24.0 Å². The number of hydrogen-bond donors (Lipinski definition) is 0. The third-order valence-electron chi connectivity index (χ3n) is 7.58. The second kappa shape index (κ2) is 8.05. The van der Waals surface area contributed by atoms with E-state index in [1.54, 1.807) is 28.6 Å². The third-order valence-corrected chi connectivity index (χ3v) is 7.58. The summed E-state index contributed by atoms with van der Waals surface area (Å²) < 4.78 is 25.0. The molecule has 2 aliphatic heterocycles.